The van der Waals surface area contributed by atoms with E-state index in [2.05, 4.69) is 20.0 Å². The SMILES string of the molecule is Cc1csc(NC(=O)CSc2nc3nn(-c4ccccc4)c(=O)c-3c3n2CCCCC3)n1. The highest BCUT2D eigenvalue weighted by molar-refractivity contribution is 7.99. The number of thioether (sulfide) groups is 1. The summed E-state index contributed by atoms with van der Waals surface area (Å²) in [5.41, 5.74) is 3.02. The van der Waals surface area contributed by atoms with E-state index < -0.39 is 0 Å². The van der Waals surface area contributed by atoms with Crippen LogP contribution in [-0.4, -0.2) is 36.0 Å². The molecule has 0 atom stereocenters. The predicted molar refractivity (Wildman–Crippen MR) is 126 cm³/mol. The Bertz CT molecular complexity index is 1290. The molecule has 0 spiro atoms. The Kier molecular flexibility index (Phi) is 5.79. The molecule has 3 aliphatic heterocycles. The molecule has 164 valence electrons. The number of amides is 1. The Morgan fingerprint density at radius 1 is 1.19 bits per heavy atom. The van der Waals surface area contributed by atoms with E-state index in [0.717, 1.165) is 54.5 Å². The second-order valence-corrected chi connectivity index (χ2v) is 9.49. The maximum Gasteiger partial charge on any atom is 0.284 e. The lowest BCUT2D eigenvalue weighted by molar-refractivity contribution is -0.113. The van der Waals surface area contributed by atoms with E-state index >= 15 is 0 Å². The molecule has 0 fully saturated rings. The molecule has 4 heterocycles. The average Bonchev–Trinajstić information content (AvgIpc) is 3.25. The number of thiazole rings is 1. The molecular weight excluding hydrogens is 444 g/mol. The minimum absolute atomic E-state index is 0.131. The molecule has 0 saturated carbocycles. The monoisotopic (exact) mass is 466 g/mol. The Morgan fingerprint density at radius 3 is 2.81 bits per heavy atom. The number of nitrogens with zero attached hydrogens (tertiary/aromatic N) is 5. The summed E-state index contributed by atoms with van der Waals surface area (Å²) in [5, 5.41) is 10.6. The van der Waals surface area contributed by atoms with Crippen molar-refractivity contribution >= 4 is 34.1 Å². The third-order valence-corrected chi connectivity index (χ3v) is 7.22. The number of anilines is 1. The minimum Gasteiger partial charge on any atom is -0.324 e. The standard InChI is InChI=1S/C22H22N6O2S2/c1-14-12-31-21(23-14)24-17(29)13-32-22-25-19-18(16-10-6-3-7-11-27(16)22)20(30)28(26-19)15-8-4-2-5-9-15/h2,4-5,8-9,12H,3,6-7,10-11,13H2,1H3,(H,23,24,29). The van der Waals surface area contributed by atoms with Gasteiger partial charge in [0.2, 0.25) is 5.91 Å². The number of fused-ring (bicyclic) bond motifs is 3. The number of hydrogen-bond donors (Lipinski definition) is 1. The fourth-order valence-electron chi connectivity index (χ4n) is 3.90. The molecule has 3 aliphatic rings. The van der Waals surface area contributed by atoms with Gasteiger partial charge < -0.3 is 9.88 Å². The Hall–Kier alpha value is -2.98. The Morgan fingerprint density at radius 2 is 2.03 bits per heavy atom. The lowest BCUT2D eigenvalue weighted by Gasteiger charge is -2.17. The fourth-order valence-corrected chi connectivity index (χ4v) is 5.45. The molecule has 1 amide bonds. The summed E-state index contributed by atoms with van der Waals surface area (Å²) in [5.74, 6) is 0.513. The number of carbonyl (C=O) groups excluding carboxylic acids is 1. The van der Waals surface area contributed by atoms with Crippen LogP contribution in [0.25, 0.3) is 17.1 Å². The molecule has 0 aliphatic carbocycles. The summed E-state index contributed by atoms with van der Waals surface area (Å²) in [6.07, 6.45) is 3.93. The smallest absolute Gasteiger partial charge is 0.284 e. The molecule has 32 heavy (non-hydrogen) atoms. The molecule has 5 rings (SSSR count). The molecule has 2 aromatic rings. The summed E-state index contributed by atoms with van der Waals surface area (Å²) in [6, 6.07) is 9.39. The maximum atomic E-state index is 13.3. The van der Waals surface area contributed by atoms with Gasteiger partial charge in [-0.15, -0.1) is 16.4 Å². The molecule has 1 N–H and O–H groups in total. The van der Waals surface area contributed by atoms with Crippen LogP contribution in [0.3, 0.4) is 0 Å². The van der Waals surface area contributed by atoms with Gasteiger partial charge in [0.05, 0.1) is 17.1 Å². The predicted octanol–water partition coefficient (Wildman–Crippen LogP) is 3.76. The summed E-state index contributed by atoms with van der Waals surface area (Å²) >= 11 is 2.78. The van der Waals surface area contributed by atoms with Gasteiger partial charge in [-0.2, -0.15) is 4.68 Å². The zero-order valence-electron chi connectivity index (χ0n) is 17.6. The first kappa shape index (κ1) is 20.9. The van der Waals surface area contributed by atoms with Crippen molar-refractivity contribution < 1.29 is 4.79 Å². The number of hydrogen-bond acceptors (Lipinski definition) is 7. The average molecular weight is 467 g/mol. The maximum absolute atomic E-state index is 13.3. The third-order valence-electron chi connectivity index (χ3n) is 5.37. The molecule has 0 saturated heterocycles. The van der Waals surface area contributed by atoms with Crippen LogP contribution in [0.5, 0.6) is 0 Å². The Labute approximate surface area is 193 Å². The highest BCUT2D eigenvalue weighted by Gasteiger charge is 2.27. The number of nitrogens with one attached hydrogen (secondary N) is 1. The first-order valence-corrected chi connectivity index (χ1v) is 12.4. The van der Waals surface area contributed by atoms with Gasteiger partial charge in [0, 0.05) is 17.6 Å². The number of rotatable bonds is 5. The van der Waals surface area contributed by atoms with Crippen molar-refractivity contribution in [1.82, 2.24) is 24.3 Å². The highest BCUT2D eigenvalue weighted by atomic mass is 32.2. The normalized spacial score (nSPS) is 13.7. The van der Waals surface area contributed by atoms with E-state index in [-0.39, 0.29) is 17.2 Å². The highest BCUT2D eigenvalue weighted by Crippen LogP contribution is 2.30. The van der Waals surface area contributed by atoms with E-state index in [1.54, 1.807) is 0 Å². The quantitative estimate of drug-likeness (QED) is 0.356. The van der Waals surface area contributed by atoms with Crippen LogP contribution in [0.15, 0.2) is 45.7 Å². The lowest BCUT2D eigenvalue weighted by Crippen LogP contribution is -2.20. The minimum atomic E-state index is -0.141. The zero-order chi connectivity index (χ0) is 22.1. The van der Waals surface area contributed by atoms with Crippen LogP contribution >= 0.6 is 23.1 Å². The summed E-state index contributed by atoms with van der Waals surface area (Å²) in [6.45, 7) is 2.68. The summed E-state index contributed by atoms with van der Waals surface area (Å²) in [7, 11) is 0. The van der Waals surface area contributed by atoms with Crippen molar-refractivity contribution in [2.75, 3.05) is 11.1 Å². The molecular formula is C22H22N6O2S2. The number of aromatic nitrogens is 5. The van der Waals surface area contributed by atoms with Crippen LogP contribution in [0.4, 0.5) is 5.13 Å². The van der Waals surface area contributed by atoms with Crippen molar-refractivity contribution in [3.8, 4) is 17.1 Å². The van der Waals surface area contributed by atoms with Crippen LogP contribution in [0, 0.1) is 6.92 Å². The second kappa shape index (κ2) is 8.87. The van der Waals surface area contributed by atoms with Crippen LogP contribution in [-0.2, 0) is 17.8 Å². The number of para-hydroxylation sites is 1. The van der Waals surface area contributed by atoms with E-state index in [1.165, 1.54) is 27.8 Å². The number of carbonyl (C=O) groups is 1. The zero-order valence-corrected chi connectivity index (χ0v) is 19.2. The van der Waals surface area contributed by atoms with Crippen molar-refractivity contribution in [1.29, 1.82) is 0 Å². The van der Waals surface area contributed by atoms with Gasteiger partial charge in [-0.1, -0.05) is 36.4 Å². The largest absolute Gasteiger partial charge is 0.324 e. The van der Waals surface area contributed by atoms with Crippen molar-refractivity contribution in [2.45, 2.75) is 44.3 Å². The number of benzene rings is 1. The van der Waals surface area contributed by atoms with Gasteiger partial charge in [-0.25, -0.2) is 9.97 Å². The van der Waals surface area contributed by atoms with Gasteiger partial charge in [0.1, 0.15) is 5.56 Å². The first-order valence-electron chi connectivity index (χ1n) is 10.5. The van der Waals surface area contributed by atoms with Gasteiger partial charge in [-0.05, 0) is 38.3 Å². The van der Waals surface area contributed by atoms with Gasteiger partial charge >= 0.3 is 0 Å². The van der Waals surface area contributed by atoms with Crippen LogP contribution in [0.2, 0.25) is 0 Å². The van der Waals surface area contributed by atoms with E-state index in [9.17, 15) is 9.59 Å². The number of aryl methyl sites for hydroxylation is 1. The molecule has 0 bridgehead atoms. The Balaban J connectivity index is 1.50. The van der Waals surface area contributed by atoms with Gasteiger partial charge in [-0.3, -0.25) is 9.59 Å². The van der Waals surface area contributed by atoms with Crippen LogP contribution < -0.4 is 10.9 Å². The molecule has 8 nitrogen and oxygen atoms in total. The fraction of sp³-hybridized carbons (Fsp3) is 0.318. The molecule has 0 unspecified atom stereocenters. The van der Waals surface area contributed by atoms with E-state index in [4.69, 9.17) is 4.98 Å². The van der Waals surface area contributed by atoms with Crippen molar-refractivity contribution in [3.05, 3.63) is 57.5 Å². The molecule has 10 heteroatoms. The second-order valence-electron chi connectivity index (χ2n) is 7.69. The molecule has 0 radical (unpaired) electrons. The van der Waals surface area contributed by atoms with Gasteiger partial charge in [0.25, 0.3) is 5.56 Å². The van der Waals surface area contributed by atoms with Crippen molar-refractivity contribution in [2.24, 2.45) is 0 Å². The van der Waals surface area contributed by atoms with Gasteiger partial charge in [0.15, 0.2) is 16.1 Å². The summed E-state index contributed by atoms with van der Waals surface area (Å²) in [4.78, 5) is 34.7. The van der Waals surface area contributed by atoms with Crippen LogP contribution in [0.1, 0.15) is 30.7 Å². The molecule has 1 aromatic heterocycles. The topological polar surface area (TPSA) is 94.7 Å². The summed E-state index contributed by atoms with van der Waals surface area (Å²) < 4.78 is 3.54. The lowest BCUT2D eigenvalue weighted by atomic mass is 10.1. The third kappa shape index (κ3) is 4.07. The van der Waals surface area contributed by atoms with Crippen molar-refractivity contribution in [3.63, 3.8) is 0 Å². The van der Waals surface area contributed by atoms with E-state index in [0.29, 0.717) is 16.5 Å². The molecule has 1 aromatic carbocycles. The first-order chi connectivity index (χ1) is 15.6. The van der Waals surface area contributed by atoms with E-state index in [1.807, 2.05) is 42.6 Å².